The van der Waals surface area contributed by atoms with Gasteiger partial charge in [-0.3, -0.25) is 5.41 Å². The zero-order valence-corrected chi connectivity index (χ0v) is 12.8. The zero-order chi connectivity index (χ0) is 14.8. The number of hydrogen-bond donors (Lipinski definition) is 2. The highest BCUT2D eigenvalue weighted by atomic mass is 79.9. The van der Waals surface area contributed by atoms with Gasteiger partial charge in [-0.2, -0.15) is 0 Å². The smallest absolute Gasteiger partial charge is 0.173 e. The van der Waals surface area contributed by atoms with Crippen molar-refractivity contribution in [1.82, 2.24) is 4.57 Å². The van der Waals surface area contributed by atoms with Crippen molar-refractivity contribution in [2.75, 3.05) is 0 Å². The average Bonchev–Trinajstić information content (AvgIpc) is 2.89. The molecule has 3 rings (SSSR count). The van der Waals surface area contributed by atoms with Crippen LogP contribution in [0.3, 0.4) is 0 Å². The van der Waals surface area contributed by atoms with Gasteiger partial charge < -0.3 is 4.57 Å². The second-order valence-electron chi connectivity index (χ2n) is 4.81. The molecule has 0 saturated heterocycles. The van der Waals surface area contributed by atoms with Crippen LogP contribution in [-0.2, 0) is 6.54 Å². The third kappa shape index (κ3) is 2.78. The number of amidine groups is 1. The molecule has 2 N–H and O–H groups in total. The highest BCUT2D eigenvalue weighted by Gasteiger charge is 2.06. The quantitative estimate of drug-likeness (QED) is 0.390. The minimum absolute atomic E-state index is 0.0170. The lowest BCUT2D eigenvalue weighted by Gasteiger charge is -2.07. The lowest BCUT2D eigenvalue weighted by Crippen LogP contribution is -1.98. The van der Waals surface area contributed by atoms with Crippen LogP contribution in [0.15, 0.2) is 64.3 Å². The molecule has 1 aromatic heterocycles. The minimum Gasteiger partial charge on any atom is -0.343 e. The highest BCUT2D eigenvalue weighted by molar-refractivity contribution is 9.10. The van der Waals surface area contributed by atoms with E-state index in [2.05, 4.69) is 37.7 Å². The Labute approximate surface area is 130 Å². The fourth-order valence-corrected chi connectivity index (χ4v) is 2.83. The molecule has 1 heterocycles. The Balaban J connectivity index is 1.97. The van der Waals surface area contributed by atoms with Crippen LogP contribution in [0.1, 0.15) is 11.1 Å². The van der Waals surface area contributed by atoms with E-state index in [4.69, 9.17) is 10.9 Å². The number of aromatic nitrogens is 1. The summed E-state index contributed by atoms with van der Waals surface area (Å²) in [5.41, 5.74) is 9.91. The third-order valence-corrected chi connectivity index (χ3v) is 3.89. The van der Waals surface area contributed by atoms with E-state index in [1.807, 2.05) is 42.6 Å². The summed E-state index contributed by atoms with van der Waals surface area (Å²) in [5, 5.41) is 11.8. The number of benzene rings is 2. The number of fused-ring (bicyclic) bond motifs is 1. The SMILES string of the molecule is N=NC(=N)c1ccc2c(ccn2Cc2cccc(Br)c2)c1. The normalized spacial score (nSPS) is 10.7. The lowest BCUT2D eigenvalue weighted by molar-refractivity contribution is 0.836. The molecule has 0 saturated carbocycles. The molecule has 0 radical (unpaired) electrons. The van der Waals surface area contributed by atoms with Gasteiger partial charge in [-0.25, -0.2) is 5.53 Å². The molecular formula is C16H13BrN4. The second-order valence-corrected chi connectivity index (χ2v) is 5.72. The van der Waals surface area contributed by atoms with Gasteiger partial charge >= 0.3 is 0 Å². The van der Waals surface area contributed by atoms with Crippen LogP contribution in [0.5, 0.6) is 0 Å². The van der Waals surface area contributed by atoms with E-state index in [1.54, 1.807) is 0 Å². The zero-order valence-electron chi connectivity index (χ0n) is 11.2. The minimum atomic E-state index is -0.0170. The van der Waals surface area contributed by atoms with Crippen LogP contribution in [0.2, 0.25) is 0 Å². The molecule has 0 unspecified atom stereocenters. The third-order valence-electron chi connectivity index (χ3n) is 3.40. The Morgan fingerprint density at radius 3 is 2.76 bits per heavy atom. The van der Waals surface area contributed by atoms with Crippen molar-refractivity contribution < 1.29 is 0 Å². The van der Waals surface area contributed by atoms with Crippen molar-refractivity contribution in [3.63, 3.8) is 0 Å². The van der Waals surface area contributed by atoms with Gasteiger partial charge in [-0.1, -0.05) is 28.1 Å². The van der Waals surface area contributed by atoms with Crippen LogP contribution in [0, 0.1) is 10.9 Å². The summed E-state index contributed by atoms with van der Waals surface area (Å²) in [6, 6.07) is 16.0. The van der Waals surface area contributed by atoms with Gasteiger partial charge in [-0.15, -0.1) is 5.11 Å². The molecule has 5 heteroatoms. The molecule has 21 heavy (non-hydrogen) atoms. The molecule has 3 aromatic rings. The largest absolute Gasteiger partial charge is 0.343 e. The number of rotatable bonds is 3. The highest BCUT2D eigenvalue weighted by Crippen LogP contribution is 2.20. The first-order valence-corrected chi connectivity index (χ1v) is 7.26. The monoisotopic (exact) mass is 340 g/mol. The molecule has 0 aliphatic carbocycles. The van der Waals surface area contributed by atoms with Gasteiger partial charge in [0.25, 0.3) is 0 Å². The maximum absolute atomic E-state index is 7.60. The molecule has 2 aromatic carbocycles. The average molecular weight is 341 g/mol. The maximum Gasteiger partial charge on any atom is 0.173 e. The molecule has 0 spiro atoms. The molecular weight excluding hydrogens is 328 g/mol. The number of nitrogens with one attached hydrogen (secondary N) is 2. The Kier molecular flexibility index (Phi) is 3.66. The maximum atomic E-state index is 7.60. The van der Waals surface area contributed by atoms with Gasteiger partial charge in [-0.05, 0) is 42.0 Å². The van der Waals surface area contributed by atoms with Crippen molar-refractivity contribution >= 4 is 32.7 Å². The molecule has 0 bridgehead atoms. The molecule has 0 aliphatic rings. The Bertz CT molecular complexity index is 835. The first-order valence-electron chi connectivity index (χ1n) is 6.47. The first-order chi connectivity index (χ1) is 10.2. The van der Waals surface area contributed by atoms with Gasteiger partial charge in [0.1, 0.15) is 0 Å². The van der Waals surface area contributed by atoms with Crippen molar-refractivity contribution in [2.45, 2.75) is 6.54 Å². The fourth-order valence-electron chi connectivity index (χ4n) is 2.38. The van der Waals surface area contributed by atoms with E-state index in [-0.39, 0.29) is 5.84 Å². The van der Waals surface area contributed by atoms with E-state index >= 15 is 0 Å². The summed E-state index contributed by atoms with van der Waals surface area (Å²) < 4.78 is 3.24. The predicted octanol–water partition coefficient (Wildman–Crippen LogP) is 4.81. The van der Waals surface area contributed by atoms with Gasteiger partial charge in [0.15, 0.2) is 5.84 Å². The van der Waals surface area contributed by atoms with E-state index < -0.39 is 0 Å². The number of halogens is 1. The Hall–Kier alpha value is -2.27. The van der Waals surface area contributed by atoms with Gasteiger partial charge in [0, 0.05) is 33.7 Å². The van der Waals surface area contributed by atoms with Crippen LogP contribution in [0.4, 0.5) is 0 Å². The Morgan fingerprint density at radius 2 is 2.00 bits per heavy atom. The van der Waals surface area contributed by atoms with E-state index in [0.29, 0.717) is 5.56 Å². The summed E-state index contributed by atoms with van der Waals surface area (Å²) in [5.74, 6) is -0.0170. The molecule has 0 atom stereocenters. The van der Waals surface area contributed by atoms with E-state index in [1.165, 1.54) is 5.56 Å². The molecule has 104 valence electrons. The van der Waals surface area contributed by atoms with Crippen LogP contribution < -0.4 is 0 Å². The number of nitrogens with zero attached hydrogens (tertiary/aromatic N) is 2. The molecule has 0 amide bonds. The summed E-state index contributed by atoms with van der Waals surface area (Å²) in [6.45, 7) is 0.794. The summed E-state index contributed by atoms with van der Waals surface area (Å²) in [4.78, 5) is 0. The Morgan fingerprint density at radius 1 is 1.14 bits per heavy atom. The standard InChI is InChI=1S/C16H13BrN4/c17-14-3-1-2-11(8-14)10-21-7-6-12-9-13(16(18)20-19)4-5-15(12)21/h1-9,18-19H,10H2. The van der Waals surface area contributed by atoms with E-state index in [9.17, 15) is 0 Å². The molecule has 4 nitrogen and oxygen atoms in total. The van der Waals surface area contributed by atoms with Crippen molar-refractivity contribution in [3.8, 4) is 0 Å². The topological polar surface area (TPSA) is 65.0 Å². The van der Waals surface area contributed by atoms with Gasteiger partial charge in [0.2, 0.25) is 0 Å². The summed E-state index contributed by atoms with van der Waals surface area (Å²) >= 11 is 3.49. The summed E-state index contributed by atoms with van der Waals surface area (Å²) in [6.07, 6.45) is 2.04. The second kappa shape index (κ2) is 5.61. The van der Waals surface area contributed by atoms with Crippen LogP contribution in [0.25, 0.3) is 10.9 Å². The predicted molar refractivity (Wildman–Crippen MR) is 87.2 cm³/mol. The van der Waals surface area contributed by atoms with Crippen molar-refractivity contribution in [3.05, 3.63) is 70.3 Å². The van der Waals surface area contributed by atoms with Crippen molar-refractivity contribution in [1.29, 1.82) is 10.9 Å². The first kappa shape index (κ1) is 13.7. The number of hydrogen-bond acceptors (Lipinski definition) is 2. The van der Waals surface area contributed by atoms with Gasteiger partial charge in [0.05, 0.1) is 0 Å². The van der Waals surface area contributed by atoms with E-state index in [0.717, 1.165) is 21.9 Å². The molecule has 0 aliphatic heterocycles. The summed E-state index contributed by atoms with van der Waals surface area (Å²) in [7, 11) is 0. The molecule has 0 fully saturated rings. The fraction of sp³-hybridized carbons (Fsp3) is 0.0625. The van der Waals surface area contributed by atoms with Crippen molar-refractivity contribution in [2.24, 2.45) is 5.11 Å². The lowest BCUT2D eigenvalue weighted by atomic mass is 10.1. The van der Waals surface area contributed by atoms with Crippen LogP contribution >= 0.6 is 15.9 Å². The van der Waals surface area contributed by atoms with Crippen LogP contribution in [-0.4, -0.2) is 10.4 Å².